The Morgan fingerprint density at radius 2 is 1.91 bits per heavy atom. The molecule has 2 N–H and O–H groups in total. The number of methoxy groups -OCH3 is 1. The summed E-state index contributed by atoms with van der Waals surface area (Å²) in [6.07, 6.45) is 1.54. The first-order chi connectivity index (χ1) is 10.6. The smallest absolute Gasteiger partial charge is 0.334 e. The molecule has 2 atom stereocenters. The van der Waals surface area contributed by atoms with Crippen molar-refractivity contribution >= 4 is 17.8 Å². The number of aliphatic hydroxyl groups excluding tert-OH is 1. The van der Waals surface area contributed by atoms with Gasteiger partial charge in [0.05, 0.1) is 19.1 Å². The van der Waals surface area contributed by atoms with Gasteiger partial charge in [0.25, 0.3) is 0 Å². The quantitative estimate of drug-likeness (QED) is 0.728. The molecule has 7 heteroatoms. The number of hydrogen-bond acceptors (Lipinski definition) is 6. The van der Waals surface area contributed by atoms with Crippen LogP contribution in [0.4, 0.5) is 0 Å². The summed E-state index contributed by atoms with van der Waals surface area (Å²) in [6, 6.07) is 0. The fourth-order valence-electron chi connectivity index (χ4n) is 2.54. The highest BCUT2D eigenvalue weighted by atomic mass is 16.6. The van der Waals surface area contributed by atoms with Crippen LogP contribution in [0.5, 0.6) is 0 Å². The lowest BCUT2D eigenvalue weighted by Crippen LogP contribution is -2.48. The molecule has 128 valence electrons. The molecule has 2 unspecified atom stereocenters. The first kappa shape index (κ1) is 17.5. The van der Waals surface area contributed by atoms with E-state index >= 15 is 0 Å². The minimum atomic E-state index is -1.01. The van der Waals surface area contributed by atoms with Crippen molar-refractivity contribution in [3.8, 4) is 0 Å². The van der Waals surface area contributed by atoms with Gasteiger partial charge in [-0.1, -0.05) is 0 Å². The highest BCUT2D eigenvalue weighted by Gasteiger charge is 2.54. The molecule has 0 aromatic carbocycles. The van der Waals surface area contributed by atoms with E-state index in [1.807, 2.05) is 0 Å². The van der Waals surface area contributed by atoms with E-state index in [4.69, 9.17) is 4.74 Å². The van der Waals surface area contributed by atoms with Gasteiger partial charge in [0, 0.05) is 5.57 Å². The Kier molecular flexibility index (Phi) is 4.52. The van der Waals surface area contributed by atoms with Gasteiger partial charge in [0.15, 0.2) is 0 Å². The average Bonchev–Trinajstić information content (AvgIpc) is 3.10. The Labute approximate surface area is 135 Å². The average molecular weight is 325 g/mol. The lowest BCUT2D eigenvalue weighted by atomic mass is 9.99. The van der Waals surface area contributed by atoms with Gasteiger partial charge in [-0.3, -0.25) is 4.79 Å². The third-order valence-electron chi connectivity index (χ3n) is 3.86. The van der Waals surface area contributed by atoms with Crippen LogP contribution in [0.25, 0.3) is 0 Å². The summed E-state index contributed by atoms with van der Waals surface area (Å²) in [5, 5.41) is 12.4. The first-order valence-corrected chi connectivity index (χ1v) is 7.61. The van der Waals surface area contributed by atoms with Crippen molar-refractivity contribution in [1.29, 1.82) is 0 Å². The maximum absolute atomic E-state index is 12.5. The number of rotatable bonds is 4. The van der Waals surface area contributed by atoms with Crippen LogP contribution < -0.4 is 5.32 Å². The second-order valence-corrected chi connectivity index (χ2v) is 7.04. The van der Waals surface area contributed by atoms with Gasteiger partial charge < -0.3 is 19.9 Å². The van der Waals surface area contributed by atoms with E-state index in [0.29, 0.717) is 12.8 Å². The predicted molar refractivity (Wildman–Crippen MR) is 80.2 cm³/mol. The molecule has 1 fully saturated rings. The Bertz CT molecular complexity index is 555. The van der Waals surface area contributed by atoms with Crippen LogP contribution in [-0.4, -0.2) is 47.3 Å². The first-order valence-electron chi connectivity index (χ1n) is 7.61. The molecule has 0 radical (unpaired) electrons. The molecule has 1 amide bonds. The van der Waals surface area contributed by atoms with Crippen molar-refractivity contribution in [2.75, 3.05) is 7.11 Å². The molecule has 0 heterocycles. The zero-order chi connectivity index (χ0) is 17.4. The number of carbonyl (C=O) groups is 3. The normalized spacial score (nSPS) is 25.3. The zero-order valence-electron chi connectivity index (χ0n) is 13.8. The number of nitrogens with one attached hydrogen (secondary N) is 1. The van der Waals surface area contributed by atoms with Crippen LogP contribution in [0.3, 0.4) is 0 Å². The Morgan fingerprint density at radius 3 is 2.39 bits per heavy atom. The molecule has 7 nitrogen and oxygen atoms in total. The molecule has 1 saturated carbocycles. The topological polar surface area (TPSA) is 102 Å². The summed E-state index contributed by atoms with van der Waals surface area (Å²) >= 11 is 0. The lowest BCUT2D eigenvalue weighted by molar-refractivity contribution is -0.160. The number of carbonyl (C=O) groups excluding carboxylic acids is 3. The van der Waals surface area contributed by atoms with Crippen molar-refractivity contribution in [2.45, 2.75) is 57.3 Å². The van der Waals surface area contributed by atoms with Gasteiger partial charge in [0.2, 0.25) is 5.91 Å². The van der Waals surface area contributed by atoms with Crippen LogP contribution in [0, 0.1) is 5.92 Å². The zero-order valence-corrected chi connectivity index (χ0v) is 13.8. The Hall–Kier alpha value is -1.89. The molecule has 0 aromatic heterocycles. The van der Waals surface area contributed by atoms with Crippen molar-refractivity contribution in [2.24, 2.45) is 5.92 Å². The van der Waals surface area contributed by atoms with Crippen LogP contribution in [0.1, 0.15) is 40.0 Å². The summed E-state index contributed by atoms with van der Waals surface area (Å²) in [5.74, 6) is -2.41. The maximum Gasteiger partial charge on any atom is 0.334 e. The van der Waals surface area contributed by atoms with Crippen LogP contribution >= 0.6 is 0 Å². The number of amides is 1. The van der Waals surface area contributed by atoms with E-state index in [9.17, 15) is 19.5 Å². The molecule has 2 aliphatic carbocycles. The highest BCUT2D eigenvalue weighted by molar-refractivity contribution is 6.00. The van der Waals surface area contributed by atoms with Crippen molar-refractivity contribution in [3.05, 3.63) is 11.6 Å². The van der Waals surface area contributed by atoms with Gasteiger partial charge in [-0.25, -0.2) is 9.59 Å². The van der Waals surface area contributed by atoms with E-state index in [2.05, 4.69) is 10.1 Å². The Balaban J connectivity index is 2.06. The molecule has 2 rings (SSSR count). The number of aliphatic hydroxyl groups is 1. The van der Waals surface area contributed by atoms with E-state index < -0.39 is 41.0 Å². The third-order valence-corrected chi connectivity index (χ3v) is 3.86. The Morgan fingerprint density at radius 1 is 1.30 bits per heavy atom. The monoisotopic (exact) mass is 325 g/mol. The highest BCUT2D eigenvalue weighted by Crippen LogP contribution is 2.39. The summed E-state index contributed by atoms with van der Waals surface area (Å²) in [6.45, 7) is 5.27. The fourth-order valence-corrected chi connectivity index (χ4v) is 2.54. The standard InChI is InChI=1S/C16H23NO6/c1-15(2,3)23-14(21)16(5-6-16)17-12(19)10-7-9(18)8-11(10)13(20)22-4/h8-10,18H,5-7H2,1-4H3,(H,17,19). The fraction of sp³-hybridized carbons (Fsp3) is 0.688. The molecular weight excluding hydrogens is 302 g/mol. The second-order valence-electron chi connectivity index (χ2n) is 7.04. The minimum Gasteiger partial charge on any atom is -0.466 e. The lowest BCUT2D eigenvalue weighted by Gasteiger charge is -2.25. The molecular formula is C16H23NO6. The number of hydrogen-bond donors (Lipinski definition) is 2. The van der Waals surface area contributed by atoms with Crippen molar-refractivity contribution in [3.63, 3.8) is 0 Å². The second kappa shape index (κ2) is 5.96. The largest absolute Gasteiger partial charge is 0.466 e. The van der Waals surface area contributed by atoms with Gasteiger partial charge in [-0.2, -0.15) is 0 Å². The maximum atomic E-state index is 12.5. The summed E-state index contributed by atoms with van der Waals surface area (Å²) in [4.78, 5) is 36.4. The van der Waals surface area contributed by atoms with Crippen LogP contribution in [0.15, 0.2) is 11.6 Å². The third kappa shape index (κ3) is 3.90. The molecule has 0 saturated heterocycles. The number of esters is 2. The van der Waals surface area contributed by atoms with E-state index in [1.54, 1.807) is 20.8 Å². The molecule has 2 aliphatic rings. The SMILES string of the molecule is COC(=O)C1=CC(O)CC1C(=O)NC1(C(=O)OC(C)(C)C)CC1. The van der Waals surface area contributed by atoms with Crippen LogP contribution in [-0.2, 0) is 23.9 Å². The number of ether oxygens (including phenoxy) is 2. The molecule has 0 aromatic rings. The summed E-state index contributed by atoms with van der Waals surface area (Å²) < 4.78 is 9.97. The van der Waals surface area contributed by atoms with E-state index in [1.165, 1.54) is 13.2 Å². The molecule has 0 spiro atoms. The molecule has 0 aliphatic heterocycles. The van der Waals surface area contributed by atoms with Crippen molar-refractivity contribution in [1.82, 2.24) is 5.32 Å². The molecule has 0 bridgehead atoms. The van der Waals surface area contributed by atoms with E-state index in [0.717, 1.165) is 0 Å². The molecule has 23 heavy (non-hydrogen) atoms. The minimum absolute atomic E-state index is 0.0979. The van der Waals surface area contributed by atoms with Crippen molar-refractivity contribution < 1.29 is 29.0 Å². The summed E-state index contributed by atoms with van der Waals surface area (Å²) in [5.41, 5.74) is -1.53. The van der Waals surface area contributed by atoms with E-state index in [-0.39, 0.29) is 12.0 Å². The van der Waals surface area contributed by atoms with Gasteiger partial charge in [-0.05, 0) is 46.1 Å². The van der Waals surface area contributed by atoms with Gasteiger partial charge in [-0.15, -0.1) is 0 Å². The van der Waals surface area contributed by atoms with Crippen LogP contribution in [0.2, 0.25) is 0 Å². The van der Waals surface area contributed by atoms with Gasteiger partial charge in [0.1, 0.15) is 11.1 Å². The predicted octanol–water partition coefficient (Wildman–Crippen LogP) is 0.457. The van der Waals surface area contributed by atoms with Gasteiger partial charge >= 0.3 is 11.9 Å². The summed E-state index contributed by atoms with van der Waals surface area (Å²) in [7, 11) is 1.21.